The van der Waals surface area contributed by atoms with Gasteiger partial charge in [-0.1, -0.05) is 36.4 Å². The van der Waals surface area contributed by atoms with Gasteiger partial charge in [0.1, 0.15) is 5.75 Å². The summed E-state index contributed by atoms with van der Waals surface area (Å²) in [6, 6.07) is 23.2. The number of esters is 1. The molecule has 0 aliphatic carbocycles. The molecule has 31 heavy (non-hydrogen) atoms. The van der Waals surface area contributed by atoms with Crippen molar-refractivity contribution in [2.24, 2.45) is 0 Å². The van der Waals surface area contributed by atoms with Crippen LogP contribution in [-0.4, -0.2) is 29.2 Å². The van der Waals surface area contributed by atoms with Crippen LogP contribution in [-0.2, 0) is 17.7 Å². The molecule has 3 aromatic carbocycles. The summed E-state index contributed by atoms with van der Waals surface area (Å²) in [5.74, 6) is -0.0521. The molecule has 0 bridgehead atoms. The van der Waals surface area contributed by atoms with Gasteiger partial charge in [-0.2, -0.15) is 0 Å². The second kappa shape index (κ2) is 9.39. The second-order valence-electron chi connectivity index (χ2n) is 7.47. The van der Waals surface area contributed by atoms with Gasteiger partial charge in [-0.3, -0.25) is 0 Å². The molecule has 0 saturated carbocycles. The van der Waals surface area contributed by atoms with Gasteiger partial charge in [0.25, 0.3) is 0 Å². The fraction of sp³-hybridized carbons (Fsp3) is 0.192. The number of nitrogens with one attached hydrogen (secondary N) is 1. The lowest BCUT2D eigenvalue weighted by atomic mass is 10.1. The van der Waals surface area contributed by atoms with E-state index in [0.717, 1.165) is 41.7 Å². The zero-order valence-electron chi connectivity index (χ0n) is 17.5. The van der Waals surface area contributed by atoms with Crippen LogP contribution in [0, 0.1) is 0 Å². The number of phenols is 1. The molecule has 0 aliphatic heterocycles. The van der Waals surface area contributed by atoms with Gasteiger partial charge < -0.3 is 19.7 Å². The van der Waals surface area contributed by atoms with Gasteiger partial charge in [-0.25, -0.2) is 4.79 Å². The van der Waals surface area contributed by atoms with E-state index in [4.69, 9.17) is 4.74 Å². The Kier molecular flexibility index (Phi) is 6.22. The number of aromatic amines is 1. The molecule has 0 amide bonds. The predicted molar refractivity (Wildman–Crippen MR) is 124 cm³/mol. The Morgan fingerprint density at radius 2 is 1.87 bits per heavy atom. The number of benzene rings is 3. The minimum Gasteiger partial charge on any atom is -0.508 e. The van der Waals surface area contributed by atoms with Gasteiger partial charge in [-0.15, -0.1) is 0 Å². The number of carbonyl (C=O) groups excluding carboxylic acids is 1. The van der Waals surface area contributed by atoms with E-state index in [-0.39, 0.29) is 11.7 Å². The number of anilines is 1. The molecule has 158 valence electrons. The molecule has 4 aromatic rings. The van der Waals surface area contributed by atoms with Crippen molar-refractivity contribution < 1.29 is 14.6 Å². The van der Waals surface area contributed by atoms with Crippen LogP contribution in [0.15, 0.2) is 79.0 Å². The summed E-state index contributed by atoms with van der Waals surface area (Å²) >= 11 is 0. The maximum atomic E-state index is 12.1. The van der Waals surface area contributed by atoms with Crippen molar-refractivity contribution in [1.82, 2.24) is 4.98 Å². The van der Waals surface area contributed by atoms with Crippen LogP contribution >= 0.6 is 0 Å². The number of H-pyrrole nitrogens is 1. The first-order valence-corrected chi connectivity index (χ1v) is 10.5. The topological polar surface area (TPSA) is 65.6 Å². The van der Waals surface area contributed by atoms with Crippen LogP contribution in [0.4, 0.5) is 5.69 Å². The molecule has 5 heteroatoms. The van der Waals surface area contributed by atoms with Crippen LogP contribution in [0.5, 0.6) is 5.75 Å². The number of phenolic OH excluding ortho intramolecular Hbond substituents is 1. The Morgan fingerprint density at radius 3 is 2.65 bits per heavy atom. The van der Waals surface area contributed by atoms with Crippen LogP contribution in [0.25, 0.3) is 10.9 Å². The molecule has 0 aliphatic rings. The molecular formula is C26H26N2O3. The third-order valence-corrected chi connectivity index (χ3v) is 5.34. The van der Waals surface area contributed by atoms with Gasteiger partial charge in [-0.05, 0) is 54.8 Å². The van der Waals surface area contributed by atoms with Gasteiger partial charge in [0, 0.05) is 41.9 Å². The Labute approximate surface area is 181 Å². The van der Waals surface area contributed by atoms with Crippen LogP contribution in [0.3, 0.4) is 0 Å². The highest BCUT2D eigenvalue weighted by atomic mass is 16.5. The van der Waals surface area contributed by atoms with Crippen molar-refractivity contribution in [2.75, 3.05) is 18.1 Å². The monoisotopic (exact) mass is 414 g/mol. The minimum atomic E-state index is -0.304. The van der Waals surface area contributed by atoms with Crippen LogP contribution < -0.4 is 4.90 Å². The smallest absolute Gasteiger partial charge is 0.338 e. The number of hydrogen-bond donors (Lipinski definition) is 2. The average molecular weight is 415 g/mol. The molecule has 1 aromatic heterocycles. The summed E-state index contributed by atoms with van der Waals surface area (Å²) in [7, 11) is 0. The maximum Gasteiger partial charge on any atom is 0.338 e. The van der Waals surface area contributed by atoms with Gasteiger partial charge in [0.2, 0.25) is 0 Å². The van der Waals surface area contributed by atoms with Crippen molar-refractivity contribution in [1.29, 1.82) is 0 Å². The first-order chi connectivity index (χ1) is 15.1. The highest BCUT2D eigenvalue weighted by Gasteiger charge is 2.13. The molecule has 0 unspecified atom stereocenters. The van der Waals surface area contributed by atoms with E-state index < -0.39 is 0 Å². The van der Waals surface area contributed by atoms with Crippen LogP contribution in [0.1, 0.15) is 28.4 Å². The lowest BCUT2D eigenvalue weighted by molar-refractivity contribution is 0.0526. The van der Waals surface area contributed by atoms with E-state index in [9.17, 15) is 9.90 Å². The molecule has 0 fully saturated rings. The van der Waals surface area contributed by atoms with Crippen molar-refractivity contribution in [3.63, 3.8) is 0 Å². The van der Waals surface area contributed by atoms with E-state index >= 15 is 0 Å². The lowest BCUT2D eigenvalue weighted by Gasteiger charge is -2.25. The number of hydrogen-bond acceptors (Lipinski definition) is 4. The highest BCUT2D eigenvalue weighted by Crippen LogP contribution is 2.25. The molecule has 4 rings (SSSR count). The number of aromatic nitrogens is 1. The molecule has 0 radical (unpaired) electrons. The standard InChI is InChI=1S/C26H26N2O3/c1-2-31-26(30)20-11-12-25-24(15-20)21(17-27-25)13-14-28(18-19-7-4-3-5-8-19)22-9-6-10-23(29)16-22/h3-12,15-17,27,29H,2,13-14,18H2,1H3. The number of ether oxygens (including phenoxy) is 1. The molecule has 0 spiro atoms. The zero-order valence-corrected chi connectivity index (χ0v) is 17.5. The maximum absolute atomic E-state index is 12.1. The highest BCUT2D eigenvalue weighted by molar-refractivity contribution is 5.95. The van der Waals surface area contributed by atoms with Crippen molar-refractivity contribution in [2.45, 2.75) is 19.9 Å². The number of rotatable bonds is 8. The summed E-state index contributed by atoms with van der Waals surface area (Å²) in [6.07, 6.45) is 2.79. The van der Waals surface area contributed by atoms with E-state index in [1.54, 1.807) is 25.1 Å². The van der Waals surface area contributed by atoms with Gasteiger partial charge in [0.05, 0.1) is 12.2 Å². The summed E-state index contributed by atoms with van der Waals surface area (Å²) in [4.78, 5) is 17.7. The van der Waals surface area contributed by atoms with Crippen molar-refractivity contribution in [3.05, 3.63) is 95.7 Å². The Balaban J connectivity index is 1.58. The fourth-order valence-electron chi connectivity index (χ4n) is 3.78. The molecule has 1 heterocycles. The van der Waals surface area contributed by atoms with E-state index in [0.29, 0.717) is 12.2 Å². The number of carbonyl (C=O) groups is 1. The molecule has 2 N–H and O–H groups in total. The largest absolute Gasteiger partial charge is 0.508 e. The number of aromatic hydroxyl groups is 1. The molecule has 5 nitrogen and oxygen atoms in total. The summed E-state index contributed by atoms with van der Waals surface area (Å²) in [6.45, 7) is 3.66. The van der Waals surface area contributed by atoms with Gasteiger partial charge >= 0.3 is 5.97 Å². The fourth-order valence-corrected chi connectivity index (χ4v) is 3.78. The Morgan fingerprint density at radius 1 is 1.03 bits per heavy atom. The van der Waals surface area contributed by atoms with E-state index in [2.05, 4.69) is 22.0 Å². The number of nitrogens with zero attached hydrogens (tertiary/aromatic N) is 1. The predicted octanol–water partition coefficient (Wildman–Crippen LogP) is 5.30. The van der Waals surface area contributed by atoms with E-state index in [1.807, 2.05) is 48.7 Å². The summed E-state index contributed by atoms with van der Waals surface area (Å²) < 4.78 is 5.15. The minimum absolute atomic E-state index is 0.252. The summed E-state index contributed by atoms with van der Waals surface area (Å²) in [5.41, 5.74) is 4.86. The zero-order chi connectivity index (χ0) is 21.6. The average Bonchev–Trinajstić information content (AvgIpc) is 3.19. The summed E-state index contributed by atoms with van der Waals surface area (Å²) in [5, 5.41) is 11.0. The SMILES string of the molecule is CCOC(=O)c1ccc2[nH]cc(CCN(Cc3ccccc3)c3cccc(O)c3)c2c1. The first-order valence-electron chi connectivity index (χ1n) is 10.5. The van der Waals surface area contributed by atoms with Gasteiger partial charge in [0.15, 0.2) is 0 Å². The third kappa shape index (κ3) is 4.89. The second-order valence-corrected chi connectivity index (χ2v) is 7.47. The van der Waals surface area contributed by atoms with Crippen molar-refractivity contribution in [3.8, 4) is 5.75 Å². The van der Waals surface area contributed by atoms with Crippen molar-refractivity contribution >= 4 is 22.6 Å². The molecule has 0 atom stereocenters. The Hall–Kier alpha value is -3.73. The third-order valence-electron chi connectivity index (χ3n) is 5.34. The molecular weight excluding hydrogens is 388 g/mol. The molecule has 0 saturated heterocycles. The first kappa shape index (κ1) is 20.5. The number of fused-ring (bicyclic) bond motifs is 1. The normalized spacial score (nSPS) is 10.9. The van der Waals surface area contributed by atoms with Crippen LogP contribution in [0.2, 0.25) is 0 Å². The quantitative estimate of drug-likeness (QED) is 0.384. The van der Waals surface area contributed by atoms with E-state index in [1.165, 1.54) is 5.56 Å². The Bertz CT molecular complexity index is 1170. The lowest BCUT2D eigenvalue weighted by Crippen LogP contribution is -2.25.